The van der Waals surface area contributed by atoms with Crippen LogP contribution in [0.1, 0.15) is 55.4 Å². The van der Waals surface area contributed by atoms with Crippen LogP contribution < -0.4 is 16.0 Å². The third kappa shape index (κ3) is 9.13. The van der Waals surface area contributed by atoms with Crippen molar-refractivity contribution in [2.45, 2.75) is 58.1 Å². The topological polar surface area (TPSA) is 143 Å². The van der Waals surface area contributed by atoms with Gasteiger partial charge in [-0.05, 0) is 75.9 Å². The summed E-state index contributed by atoms with van der Waals surface area (Å²) in [4.78, 5) is 58.8. The van der Waals surface area contributed by atoms with E-state index in [1.54, 1.807) is 44.7 Å². The Balaban J connectivity index is 1.20. The third-order valence-corrected chi connectivity index (χ3v) is 8.27. The highest BCUT2D eigenvalue weighted by Crippen LogP contribution is 2.26. The molecule has 3 aromatic carbocycles. The number of ether oxygens (including phenoxy) is 1. The number of hydrogen-bond donors (Lipinski definition) is 3. The van der Waals surface area contributed by atoms with Gasteiger partial charge in [-0.1, -0.05) is 60.7 Å². The van der Waals surface area contributed by atoms with E-state index in [1.807, 2.05) is 72.8 Å². The minimum Gasteiger partial charge on any atom is -0.444 e. The number of carbonyl (C=O) groups is 4. The molecule has 4 amide bonds. The van der Waals surface area contributed by atoms with E-state index in [-0.39, 0.29) is 51.3 Å². The van der Waals surface area contributed by atoms with E-state index >= 15 is 0 Å². The molecule has 1 aliphatic rings. The van der Waals surface area contributed by atoms with Crippen LogP contribution in [-0.2, 0) is 20.7 Å². The molecule has 11 nitrogen and oxygen atoms in total. The Bertz CT molecular complexity index is 1760. The number of benzene rings is 3. The number of aryl methyl sites for hydroxylation is 1. The van der Waals surface area contributed by atoms with Gasteiger partial charge < -0.3 is 30.0 Å². The second kappa shape index (κ2) is 15.2. The Morgan fingerprint density at radius 3 is 2.00 bits per heavy atom. The molecule has 1 fully saturated rings. The Labute approximate surface area is 286 Å². The van der Waals surface area contributed by atoms with Gasteiger partial charge in [0.25, 0.3) is 5.91 Å². The minimum atomic E-state index is -1.28. The lowest BCUT2D eigenvalue weighted by Gasteiger charge is -2.41. The van der Waals surface area contributed by atoms with Crippen LogP contribution in [0.25, 0.3) is 22.6 Å². The lowest BCUT2D eigenvalue weighted by atomic mass is 9.86. The number of piperidine rings is 1. The van der Waals surface area contributed by atoms with Crippen LogP contribution in [-0.4, -0.2) is 71.0 Å². The summed E-state index contributed by atoms with van der Waals surface area (Å²) in [6.45, 7) is 7.86. The largest absolute Gasteiger partial charge is 0.444 e. The summed E-state index contributed by atoms with van der Waals surface area (Å²) >= 11 is 0. The maximum absolute atomic E-state index is 13.7. The number of likely N-dealkylation sites (tertiary alicyclic amines) is 1. The van der Waals surface area contributed by atoms with Gasteiger partial charge in [-0.3, -0.25) is 14.4 Å². The van der Waals surface area contributed by atoms with E-state index in [1.165, 1.54) is 0 Å². The highest BCUT2D eigenvalue weighted by molar-refractivity contribution is 5.95. The molecule has 0 bridgehead atoms. The fourth-order valence-corrected chi connectivity index (χ4v) is 5.63. The van der Waals surface area contributed by atoms with Crippen LogP contribution >= 0.6 is 0 Å². The van der Waals surface area contributed by atoms with E-state index in [2.05, 4.69) is 20.9 Å². The number of carbonyl (C=O) groups excluding carboxylic acids is 4. The predicted octanol–water partition coefficient (Wildman–Crippen LogP) is 5.29. The highest BCUT2D eigenvalue weighted by atomic mass is 16.6. The molecule has 0 unspecified atom stereocenters. The van der Waals surface area contributed by atoms with Gasteiger partial charge in [-0.25, -0.2) is 9.78 Å². The molecule has 11 heteroatoms. The smallest absolute Gasteiger partial charge is 0.410 e. The van der Waals surface area contributed by atoms with Gasteiger partial charge in [0.15, 0.2) is 0 Å². The van der Waals surface area contributed by atoms with Crippen LogP contribution in [0.2, 0.25) is 0 Å². The molecule has 1 saturated heterocycles. The third-order valence-electron chi connectivity index (χ3n) is 8.27. The van der Waals surface area contributed by atoms with Crippen LogP contribution in [0.15, 0.2) is 89.3 Å². The number of nitrogens with one attached hydrogen (secondary N) is 3. The van der Waals surface area contributed by atoms with Gasteiger partial charge in [0.1, 0.15) is 16.9 Å². The molecule has 4 aromatic rings. The molecule has 256 valence electrons. The van der Waals surface area contributed by atoms with Gasteiger partial charge >= 0.3 is 6.09 Å². The summed E-state index contributed by atoms with van der Waals surface area (Å²) in [5.74, 6) is -0.136. The highest BCUT2D eigenvalue weighted by Gasteiger charge is 2.44. The standard InChI is InChI=1S/C38H43N5O6/c1-26-31(41-34(48-26)30-13-9-6-10-14-30)25-32(44)42-38(19-23-43(24-20-38)36(47)49-37(2,3)4)35(46)40-22-21-39-33(45)29-17-15-28(16-18-29)27-11-7-5-8-12-27/h5-18H,19-25H2,1-4H3,(H,39,45)(H,40,46)(H,42,44). The molecule has 0 radical (unpaired) electrons. The number of oxazole rings is 1. The van der Waals surface area contributed by atoms with E-state index in [0.717, 1.165) is 16.7 Å². The molecule has 0 saturated carbocycles. The summed E-state index contributed by atoms with van der Waals surface area (Å²) in [7, 11) is 0. The zero-order valence-electron chi connectivity index (χ0n) is 28.4. The van der Waals surface area contributed by atoms with Crippen molar-refractivity contribution < 1.29 is 28.3 Å². The van der Waals surface area contributed by atoms with E-state index in [4.69, 9.17) is 9.15 Å². The first-order valence-corrected chi connectivity index (χ1v) is 16.5. The van der Waals surface area contributed by atoms with Crippen molar-refractivity contribution in [3.05, 3.63) is 102 Å². The van der Waals surface area contributed by atoms with Gasteiger partial charge in [0.2, 0.25) is 17.7 Å². The Hall–Kier alpha value is -5.45. The maximum Gasteiger partial charge on any atom is 0.410 e. The molecule has 0 atom stereocenters. The Morgan fingerprint density at radius 1 is 0.816 bits per heavy atom. The van der Waals surface area contributed by atoms with Crippen LogP contribution in [0.5, 0.6) is 0 Å². The second-order valence-corrected chi connectivity index (χ2v) is 13.1. The lowest BCUT2D eigenvalue weighted by molar-refractivity contribution is -0.135. The first kappa shape index (κ1) is 34.9. The van der Waals surface area contributed by atoms with Crippen molar-refractivity contribution in [1.82, 2.24) is 25.8 Å². The van der Waals surface area contributed by atoms with Gasteiger partial charge in [-0.2, -0.15) is 0 Å². The number of hydrogen-bond acceptors (Lipinski definition) is 7. The average Bonchev–Trinajstić information content (AvgIpc) is 3.46. The predicted molar refractivity (Wildman–Crippen MR) is 186 cm³/mol. The average molecular weight is 666 g/mol. The molecular formula is C38H43N5O6. The molecule has 1 aromatic heterocycles. The molecule has 0 aliphatic carbocycles. The van der Waals surface area contributed by atoms with Crippen LogP contribution in [0.4, 0.5) is 4.79 Å². The fourth-order valence-electron chi connectivity index (χ4n) is 5.63. The number of amides is 4. The van der Waals surface area contributed by atoms with Crippen molar-refractivity contribution in [2.24, 2.45) is 0 Å². The molecule has 49 heavy (non-hydrogen) atoms. The lowest BCUT2D eigenvalue weighted by Crippen LogP contribution is -2.64. The first-order chi connectivity index (χ1) is 23.4. The second-order valence-electron chi connectivity index (χ2n) is 13.1. The summed E-state index contributed by atoms with van der Waals surface area (Å²) in [5.41, 5.74) is 1.87. The van der Waals surface area contributed by atoms with Crippen LogP contribution in [0, 0.1) is 6.92 Å². The van der Waals surface area contributed by atoms with Crippen molar-refractivity contribution in [3.8, 4) is 22.6 Å². The summed E-state index contributed by atoms with van der Waals surface area (Å²) in [6, 6.07) is 26.6. The van der Waals surface area contributed by atoms with E-state index < -0.39 is 29.0 Å². The minimum absolute atomic E-state index is 0.0912. The van der Waals surface area contributed by atoms with Crippen molar-refractivity contribution in [2.75, 3.05) is 26.2 Å². The molecule has 1 aliphatic heterocycles. The molecule has 2 heterocycles. The van der Waals surface area contributed by atoms with Crippen molar-refractivity contribution in [1.29, 1.82) is 0 Å². The zero-order chi connectivity index (χ0) is 35.0. The fraction of sp³-hybridized carbons (Fsp3) is 0.342. The normalized spacial score (nSPS) is 14.1. The molecule has 5 rings (SSSR count). The number of aromatic nitrogens is 1. The van der Waals surface area contributed by atoms with Gasteiger partial charge in [0, 0.05) is 37.3 Å². The first-order valence-electron chi connectivity index (χ1n) is 16.5. The number of rotatable bonds is 10. The number of nitrogens with zero attached hydrogens (tertiary/aromatic N) is 2. The van der Waals surface area contributed by atoms with E-state index in [9.17, 15) is 19.2 Å². The monoisotopic (exact) mass is 665 g/mol. The maximum atomic E-state index is 13.7. The van der Waals surface area contributed by atoms with E-state index in [0.29, 0.717) is 22.9 Å². The molecule has 0 spiro atoms. The SMILES string of the molecule is Cc1oc(-c2ccccc2)nc1CC(=O)NC1(C(=O)NCCNC(=O)c2ccc(-c3ccccc3)cc2)CCN(C(=O)OC(C)(C)C)CC1. The Kier molecular flexibility index (Phi) is 10.8. The van der Waals surface area contributed by atoms with Crippen molar-refractivity contribution in [3.63, 3.8) is 0 Å². The summed E-state index contributed by atoms with van der Waals surface area (Å²) in [5, 5.41) is 8.68. The quantitative estimate of drug-likeness (QED) is 0.195. The summed E-state index contributed by atoms with van der Waals surface area (Å²) in [6.07, 6.45) is -0.209. The molecule has 3 N–H and O–H groups in total. The van der Waals surface area contributed by atoms with Gasteiger partial charge in [0.05, 0.1) is 12.1 Å². The van der Waals surface area contributed by atoms with Crippen LogP contribution in [0.3, 0.4) is 0 Å². The summed E-state index contributed by atoms with van der Waals surface area (Å²) < 4.78 is 11.3. The molecular weight excluding hydrogens is 622 g/mol. The van der Waals surface area contributed by atoms with Crippen molar-refractivity contribution >= 4 is 23.8 Å². The van der Waals surface area contributed by atoms with Gasteiger partial charge in [-0.15, -0.1) is 0 Å². The zero-order valence-corrected chi connectivity index (χ0v) is 28.4. The Morgan fingerprint density at radius 2 is 1.39 bits per heavy atom.